The zero-order valence-electron chi connectivity index (χ0n) is 10.8. The predicted molar refractivity (Wildman–Crippen MR) is 91.2 cm³/mol. The Hall–Kier alpha value is -0.910. The lowest BCUT2D eigenvalue weighted by molar-refractivity contribution is 0.753. The quantitative estimate of drug-likeness (QED) is 0.827. The second-order valence-electron chi connectivity index (χ2n) is 4.30. The average Bonchev–Trinajstić information content (AvgIpc) is 2.90. The van der Waals surface area contributed by atoms with Crippen molar-refractivity contribution in [2.75, 3.05) is 11.9 Å². The summed E-state index contributed by atoms with van der Waals surface area (Å²) in [7, 11) is 2.06. The first-order chi connectivity index (χ1) is 9.02. The lowest BCUT2D eigenvalue weighted by Gasteiger charge is -2.28. The molecule has 5 heteroatoms. The predicted octanol–water partition coefficient (Wildman–Crippen LogP) is 4.34. The molecule has 0 aliphatic heterocycles. The van der Waals surface area contributed by atoms with E-state index >= 15 is 0 Å². The molecule has 2 N–H and O–H groups in total. The van der Waals surface area contributed by atoms with Gasteiger partial charge in [-0.05, 0) is 46.4 Å². The SMILES string of the molecule is CC(c1cccs1)N(C)c1cccc(Br)c1C(N)=S. The minimum absolute atomic E-state index is 0.280. The highest BCUT2D eigenvalue weighted by molar-refractivity contribution is 9.10. The Labute approximate surface area is 131 Å². The van der Waals surface area contributed by atoms with E-state index in [1.54, 1.807) is 11.3 Å². The molecule has 1 aromatic carbocycles. The maximum Gasteiger partial charge on any atom is 0.107 e. The number of thiocarbonyl (C=S) groups is 1. The van der Waals surface area contributed by atoms with E-state index in [0.717, 1.165) is 15.7 Å². The van der Waals surface area contributed by atoms with Crippen molar-refractivity contribution >= 4 is 50.2 Å². The van der Waals surface area contributed by atoms with Gasteiger partial charge in [-0.2, -0.15) is 0 Å². The molecule has 2 nitrogen and oxygen atoms in total. The van der Waals surface area contributed by atoms with Gasteiger partial charge >= 0.3 is 0 Å². The summed E-state index contributed by atoms with van der Waals surface area (Å²) in [5.74, 6) is 0. The molecule has 1 heterocycles. The van der Waals surface area contributed by atoms with Crippen LogP contribution in [0.2, 0.25) is 0 Å². The number of halogens is 1. The summed E-state index contributed by atoms with van der Waals surface area (Å²) in [6.45, 7) is 2.18. The third-order valence-corrected chi connectivity index (χ3v) is 5.06. The van der Waals surface area contributed by atoms with Gasteiger partial charge in [0.15, 0.2) is 0 Å². The van der Waals surface area contributed by atoms with Gasteiger partial charge in [0.2, 0.25) is 0 Å². The Morgan fingerprint density at radius 1 is 1.37 bits per heavy atom. The molecule has 1 unspecified atom stereocenters. The molecule has 100 valence electrons. The van der Waals surface area contributed by atoms with Crippen LogP contribution in [0.15, 0.2) is 40.2 Å². The van der Waals surface area contributed by atoms with Gasteiger partial charge in [-0.15, -0.1) is 11.3 Å². The number of hydrogen-bond acceptors (Lipinski definition) is 3. The Balaban J connectivity index is 2.42. The standard InChI is InChI=1S/C14H15BrN2S2/c1-9(12-7-4-8-19-12)17(2)11-6-3-5-10(15)13(11)14(16)18/h3-9H,1-2H3,(H2,16,18). The van der Waals surface area contributed by atoms with E-state index in [1.807, 2.05) is 18.2 Å². The maximum atomic E-state index is 5.85. The van der Waals surface area contributed by atoms with Crippen LogP contribution in [0.4, 0.5) is 5.69 Å². The van der Waals surface area contributed by atoms with Crippen LogP contribution in [-0.2, 0) is 0 Å². The van der Waals surface area contributed by atoms with E-state index in [0.29, 0.717) is 4.99 Å². The minimum atomic E-state index is 0.280. The topological polar surface area (TPSA) is 29.3 Å². The maximum absolute atomic E-state index is 5.85. The van der Waals surface area contributed by atoms with Crippen molar-refractivity contribution in [3.05, 3.63) is 50.6 Å². The molecule has 1 atom stereocenters. The number of anilines is 1. The summed E-state index contributed by atoms with van der Waals surface area (Å²) in [5.41, 5.74) is 7.79. The molecular formula is C14H15BrN2S2. The fourth-order valence-electron chi connectivity index (χ4n) is 1.98. The van der Waals surface area contributed by atoms with Crippen LogP contribution in [0.25, 0.3) is 0 Å². The van der Waals surface area contributed by atoms with Crippen molar-refractivity contribution in [2.24, 2.45) is 5.73 Å². The molecular weight excluding hydrogens is 340 g/mol. The van der Waals surface area contributed by atoms with E-state index in [-0.39, 0.29) is 6.04 Å². The van der Waals surface area contributed by atoms with Crippen LogP contribution < -0.4 is 10.6 Å². The van der Waals surface area contributed by atoms with Crippen molar-refractivity contribution in [1.29, 1.82) is 0 Å². The first-order valence-electron chi connectivity index (χ1n) is 5.87. The van der Waals surface area contributed by atoms with E-state index in [4.69, 9.17) is 18.0 Å². The van der Waals surface area contributed by atoms with Crippen LogP contribution in [0.1, 0.15) is 23.4 Å². The third-order valence-electron chi connectivity index (χ3n) is 3.15. The van der Waals surface area contributed by atoms with Crippen molar-refractivity contribution in [3.8, 4) is 0 Å². The Bertz CT molecular complexity index is 581. The Morgan fingerprint density at radius 3 is 2.68 bits per heavy atom. The monoisotopic (exact) mass is 354 g/mol. The van der Waals surface area contributed by atoms with Crippen LogP contribution >= 0.6 is 39.5 Å². The fourth-order valence-corrected chi connectivity index (χ4v) is 3.72. The van der Waals surface area contributed by atoms with Gasteiger partial charge in [-0.25, -0.2) is 0 Å². The number of rotatable bonds is 4. The molecule has 2 rings (SSSR count). The summed E-state index contributed by atoms with van der Waals surface area (Å²) in [4.78, 5) is 3.93. The average molecular weight is 355 g/mol. The molecule has 0 bridgehead atoms. The lowest BCUT2D eigenvalue weighted by atomic mass is 10.1. The number of nitrogens with zero attached hydrogens (tertiary/aromatic N) is 1. The number of benzene rings is 1. The van der Waals surface area contributed by atoms with Crippen LogP contribution in [0.5, 0.6) is 0 Å². The van der Waals surface area contributed by atoms with Gasteiger partial charge in [-0.1, -0.05) is 24.4 Å². The van der Waals surface area contributed by atoms with E-state index in [1.165, 1.54) is 4.88 Å². The van der Waals surface area contributed by atoms with E-state index < -0.39 is 0 Å². The molecule has 0 saturated heterocycles. The van der Waals surface area contributed by atoms with Crippen LogP contribution in [0.3, 0.4) is 0 Å². The highest BCUT2D eigenvalue weighted by Gasteiger charge is 2.18. The fraction of sp³-hybridized carbons (Fsp3) is 0.214. The highest BCUT2D eigenvalue weighted by atomic mass is 79.9. The number of nitrogens with two attached hydrogens (primary N) is 1. The highest BCUT2D eigenvalue weighted by Crippen LogP contribution is 2.33. The molecule has 0 amide bonds. The van der Waals surface area contributed by atoms with Gasteiger partial charge < -0.3 is 10.6 Å². The summed E-state index contributed by atoms with van der Waals surface area (Å²) in [6.07, 6.45) is 0. The van der Waals surface area contributed by atoms with Gasteiger partial charge in [0.25, 0.3) is 0 Å². The molecule has 2 aromatic rings. The molecule has 0 radical (unpaired) electrons. The van der Waals surface area contributed by atoms with E-state index in [2.05, 4.69) is 52.3 Å². The normalized spacial score (nSPS) is 12.2. The summed E-state index contributed by atoms with van der Waals surface area (Å²) < 4.78 is 0.933. The third kappa shape index (κ3) is 2.99. The Kier molecular flexibility index (Phi) is 4.60. The number of hydrogen-bond donors (Lipinski definition) is 1. The second-order valence-corrected chi connectivity index (χ2v) is 6.57. The lowest BCUT2D eigenvalue weighted by Crippen LogP contribution is -2.24. The molecule has 1 aromatic heterocycles. The van der Waals surface area contributed by atoms with Crippen molar-refractivity contribution < 1.29 is 0 Å². The van der Waals surface area contributed by atoms with Crippen LogP contribution in [-0.4, -0.2) is 12.0 Å². The molecule has 0 aliphatic carbocycles. The second kappa shape index (κ2) is 6.03. The first-order valence-corrected chi connectivity index (χ1v) is 7.95. The number of thiophene rings is 1. The van der Waals surface area contributed by atoms with Gasteiger partial charge in [0.05, 0.1) is 6.04 Å². The largest absolute Gasteiger partial charge is 0.389 e. The summed E-state index contributed by atoms with van der Waals surface area (Å²) in [6, 6.07) is 10.5. The van der Waals surface area contributed by atoms with Gasteiger partial charge in [0, 0.05) is 27.6 Å². The summed E-state index contributed by atoms with van der Waals surface area (Å²) >= 11 is 10.4. The smallest absolute Gasteiger partial charge is 0.107 e. The Morgan fingerprint density at radius 2 is 2.11 bits per heavy atom. The zero-order valence-corrected chi connectivity index (χ0v) is 14.0. The van der Waals surface area contributed by atoms with Crippen molar-refractivity contribution in [3.63, 3.8) is 0 Å². The van der Waals surface area contributed by atoms with Crippen molar-refractivity contribution in [1.82, 2.24) is 0 Å². The van der Waals surface area contributed by atoms with Gasteiger partial charge in [0.1, 0.15) is 4.99 Å². The molecule has 0 saturated carbocycles. The molecule has 0 fully saturated rings. The molecule has 0 spiro atoms. The zero-order chi connectivity index (χ0) is 14.0. The molecule has 0 aliphatic rings. The molecule has 19 heavy (non-hydrogen) atoms. The van der Waals surface area contributed by atoms with Crippen LogP contribution in [0, 0.1) is 0 Å². The van der Waals surface area contributed by atoms with Crippen molar-refractivity contribution in [2.45, 2.75) is 13.0 Å². The minimum Gasteiger partial charge on any atom is -0.389 e. The summed E-state index contributed by atoms with van der Waals surface area (Å²) in [5, 5.41) is 2.09. The van der Waals surface area contributed by atoms with E-state index in [9.17, 15) is 0 Å². The first kappa shape index (κ1) is 14.5. The van der Waals surface area contributed by atoms with Gasteiger partial charge in [-0.3, -0.25) is 0 Å².